The molecule has 1 amide bonds. The molecule has 2 aliphatic rings. The quantitative estimate of drug-likeness (QED) is 0.357. The monoisotopic (exact) mass is 369 g/mol. The van der Waals surface area contributed by atoms with Crippen LogP contribution in [-0.4, -0.2) is 74.7 Å². The molecule has 1 aromatic rings. The molecule has 3 rings (SSSR count). The number of rotatable bonds is 5. The minimum atomic E-state index is -1.58. The lowest BCUT2D eigenvalue weighted by molar-refractivity contribution is -0.277. The van der Waals surface area contributed by atoms with Gasteiger partial charge in [0.25, 0.3) is 0 Å². The third-order valence-corrected chi connectivity index (χ3v) is 4.45. The van der Waals surface area contributed by atoms with Gasteiger partial charge in [0.05, 0.1) is 18.9 Å². The summed E-state index contributed by atoms with van der Waals surface area (Å²) >= 11 is 0. The van der Waals surface area contributed by atoms with Crippen LogP contribution in [0.2, 0.25) is 0 Å². The van der Waals surface area contributed by atoms with Gasteiger partial charge < -0.3 is 40.3 Å². The molecular weight excluding hydrogens is 350 g/mol. The molecule has 6 N–H and O–H groups in total. The number of aliphatic hydroxyl groups is 4. The fraction of sp³-hybridized carbons (Fsp3) is 0.500. The van der Waals surface area contributed by atoms with Crippen LogP contribution in [-0.2, 0) is 14.3 Å². The molecule has 1 aromatic carbocycles. The van der Waals surface area contributed by atoms with Gasteiger partial charge in [0.1, 0.15) is 30.2 Å². The summed E-state index contributed by atoms with van der Waals surface area (Å²) in [5.41, 5.74) is 0.891. The summed E-state index contributed by atoms with van der Waals surface area (Å²) in [4.78, 5) is 22.9. The van der Waals surface area contributed by atoms with E-state index < -0.39 is 55.1 Å². The second-order valence-corrected chi connectivity index (χ2v) is 6.20. The zero-order valence-corrected chi connectivity index (χ0v) is 13.5. The minimum absolute atomic E-state index is 0.167. The maximum atomic E-state index is 11.9. The molecule has 1 saturated heterocycles. The zero-order valence-electron chi connectivity index (χ0n) is 13.5. The number of nitrogens with one attached hydrogen (secondary N) is 1. The van der Waals surface area contributed by atoms with Crippen molar-refractivity contribution in [2.75, 3.05) is 11.9 Å². The lowest BCUT2D eigenvalue weighted by Crippen LogP contribution is -2.60. The van der Waals surface area contributed by atoms with Crippen LogP contribution in [0.3, 0.4) is 0 Å². The predicted octanol–water partition coefficient (Wildman–Crippen LogP) is -1.62. The van der Waals surface area contributed by atoms with Gasteiger partial charge in [-0.3, -0.25) is 9.59 Å². The molecule has 6 atom stereocenters. The second kappa shape index (κ2) is 7.17. The molecule has 0 radical (unpaired) electrons. The molecule has 2 heterocycles. The van der Waals surface area contributed by atoms with E-state index in [9.17, 15) is 30.0 Å². The molecule has 1 fully saturated rings. The Labute approximate surface area is 147 Å². The van der Waals surface area contributed by atoms with E-state index in [1.54, 1.807) is 0 Å². The van der Waals surface area contributed by atoms with Gasteiger partial charge in [-0.2, -0.15) is 0 Å². The number of benzene rings is 1. The number of amides is 1. The van der Waals surface area contributed by atoms with Crippen molar-refractivity contribution in [1.29, 1.82) is 0 Å². The lowest BCUT2D eigenvalue weighted by Gasteiger charge is -2.39. The van der Waals surface area contributed by atoms with E-state index in [0.29, 0.717) is 11.3 Å². The van der Waals surface area contributed by atoms with Crippen LogP contribution in [0.25, 0.3) is 0 Å². The van der Waals surface area contributed by atoms with E-state index in [0.717, 1.165) is 0 Å². The summed E-state index contributed by atoms with van der Waals surface area (Å²) in [7, 11) is 0. The van der Waals surface area contributed by atoms with Crippen molar-refractivity contribution in [2.24, 2.45) is 0 Å². The molecule has 0 aromatic heterocycles. The SMILES string of the molecule is O=C(O)CC1C(=O)Nc2ccc(OC3O[C@H](CO)[C@@H](O)[C@H](O)[C@H]3O)cc21. The number of hydrogen-bond donors (Lipinski definition) is 6. The standard InChI is InChI=1S/C16H19NO9/c18-5-10-12(21)13(22)14(23)16(26-10)25-6-1-2-9-7(3-6)8(4-11(19)20)15(24)17-9/h1-3,8,10,12-14,16,18,21-23H,4-5H2,(H,17,24)(H,19,20)/t8?,10-,12-,13+,14-,16?/m1/s1. The van der Waals surface area contributed by atoms with Gasteiger partial charge in [-0.15, -0.1) is 0 Å². The highest BCUT2D eigenvalue weighted by Gasteiger charge is 2.45. The van der Waals surface area contributed by atoms with Crippen LogP contribution < -0.4 is 10.1 Å². The Kier molecular flexibility index (Phi) is 5.12. The Morgan fingerprint density at radius 3 is 2.58 bits per heavy atom. The van der Waals surface area contributed by atoms with Crippen molar-refractivity contribution in [3.05, 3.63) is 23.8 Å². The maximum absolute atomic E-state index is 11.9. The van der Waals surface area contributed by atoms with Gasteiger partial charge in [0.15, 0.2) is 0 Å². The number of fused-ring (bicyclic) bond motifs is 1. The first kappa shape index (κ1) is 18.5. The van der Waals surface area contributed by atoms with Crippen LogP contribution in [0.5, 0.6) is 5.75 Å². The summed E-state index contributed by atoms with van der Waals surface area (Å²) in [6.45, 7) is -0.589. The summed E-state index contributed by atoms with van der Waals surface area (Å²) in [6.07, 6.45) is -7.53. The molecule has 10 heteroatoms. The Morgan fingerprint density at radius 1 is 1.19 bits per heavy atom. The Hall–Kier alpha value is -2.24. The Balaban J connectivity index is 1.80. The van der Waals surface area contributed by atoms with E-state index >= 15 is 0 Å². The van der Waals surface area contributed by atoms with Crippen molar-refractivity contribution in [2.45, 2.75) is 43.0 Å². The number of carboxylic acid groups (broad SMARTS) is 1. The molecule has 0 bridgehead atoms. The minimum Gasteiger partial charge on any atom is -0.481 e. The van der Waals surface area contributed by atoms with Crippen molar-refractivity contribution in [1.82, 2.24) is 0 Å². The summed E-state index contributed by atoms with van der Waals surface area (Å²) < 4.78 is 10.7. The van der Waals surface area contributed by atoms with Gasteiger partial charge in [0.2, 0.25) is 12.2 Å². The van der Waals surface area contributed by atoms with Gasteiger partial charge in [-0.25, -0.2) is 0 Å². The zero-order chi connectivity index (χ0) is 19.0. The van der Waals surface area contributed by atoms with E-state index in [4.69, 9.17) is 14.6 Å². The number of carbonyl (C=O) groups excluding carboxylic acids is 1. The van der Waals surface area contributed by atoms with Crippen molar-refractivity contribution >= 4 is 17.6 Å². The van der Waals surface area contributed by atoms with Crippen molar-refractivity contribution in [3.63, 3.8) is 0 Å². The number of carboxylic acids is 1. The van der Waals surface area contributed by atoms with E-state index in [1.807, 2.05) is 0 Å². The van der Waals surface area contributed by atoms with Crippen molar-refractivity contribution < 1.29 is 44.6 Å². The smallest absolute Gasteiger partial charge is 0.304 e. The van der Waals surface area contributed by atoms with Crippen LogP contribution in [0.4, 0.5) is 5.69 Å². The lowest BCUT2D eigenvalue weighted by atomic mass is 9.97. The molecule has 142 valence electrons. The average Bonchev–Trinajstić information content (AvgIpc) is 2.90. The molecule has 0 aliphatic carbocycles. The first-order valence-corrected chi connectivity index (χ1v) is 7.95. The first-order chi connectivity index (χ1) is 12.3. The molecule has 26 heavy (non-hydrogen) atoms. The van der Waals surface area contributed by atoms with Gasteiger partial charge in [-0.05, 0) is 23.8 Å². The average molecular weight is 369 g/mol. The Bertz CT molecular complexity index is 707. The predicted molar refractivity (Wildman–Crippen MR) is 84.5 cm³/mol. The van der Waals surface area contributed by atoms with E-state index in [2.05, 4.69) is 5.32 Å². The number of hydrogen-bond acceptors (Lipinski definition) is 8. The fourth-order valence-electron chi connectivity index (χ4n) is 3.05. The highest BCUT2D eigenvalue weighted by atomic mass is 16.7. The third-order valence-electron chi connectivity index (χ3n) is 4.45. The number of ether oxygens (including phenoxy) is 2. The summed E-state index contributed by atoms with van der Waals surface area (Å²) in [6, 6.07) is 4.44. The van der Waals surface area contributed by atoms with Crippen LogP contribution in [0.15, 0.2) is 18.2 Å². The highest BCUT2D eigenvalue weighted by molar-refractivity contribution is 6.04. The van der Waals surface area contributed by atoms with Crippen molar-refractivity contribution in [3.8, 4) is 5.75 Å². The number of aliphatic hydroxyl groups excluding tert-OH is 4. The fourth-order valence-corrected chi connectivity index (χ4v) is 3.05. The molecule has 2 aliphatic heterocycles. The second-order valence-electron chi connectivity index (χ2n) is 6.20. The third kappa shape index (κ3) is 3.37. The molecule has 0 saturated carbocycles. The van der Waals surface area contributed by atoms with Crippen LogP contribution >= 0.6 is 0 Å². The van der Waals surface area contributed by atoms with Gasteiger partial charge >= 0.3 is 5.97 Å². The topological polar surface area (TPSA) is 166 Å². The molecule has 10 nitrogen and oxygen atoms in total. The number of anilines is 1. The van der Waals surface area contributed by atoms with Crippen LogP contribution in [0, 0.1) is 0 Å². The highest BCUT2D eigenvalue weighted by Crippen LogP contribution is 2.37. The largest absolute Gasteiger partial charge is 0.481 e. The number of carbonyl (C=O) groups is 2. The summed E-state index contributed by atoms with van der Waals surface area (Å²) in [5, 5.41) is 50.3. The van der Waals surface area contributed by atoms with Gasteiger partial charge in [0, 0.05) is 5.69 Å². The molecular formula is C16H19NO9. The van der Waals surface area contributed by atoms with Gasteiger partial charge in [-0.1, -0.05) is 0 Å². The normalized spacial score (nSPS) is 33.5. The van der Waals surface area contributed by atoms with E-state index in [-0.39, 0.29) is 12.2 Å². The Morgan fingerprint density at radius 2 is 1.92 bits per heavy atom. The maximum Gasteiger partial charge on any atom is 0.304 e. The van der Waals surface area contributed by atoms with E-state index in [1.165, 1.54) is 18.2 Å². The first-order valence-electron chi connectivity index (χ1n) is 7.95. The van der Waals surface area contributed by atoms with Crippen LogP contribution in [0.1, 0.15) is 17.9 Å². The summed E-state index contributed by atoms with van der Waals surface area (Å²) in [5.74, 6) is -2.27. The molecule has 0 spiro atoms. The number of aliphatic carboxylic acids is 1. The molecule has 2 unspecified atom stereocenters.